The van der Waals surface area contributed by atoms with E-state index in [0.717, 1.165) is 16.4 Å². The Bertz CT molecular complexity index is 947. The predicted molar refractivity (Wildman–Crippen MR) is 96.1 cm³/mol. The zero-order valence-corrected chi connectivity index (χ0v) is 15.3. The van der Waals surface area contributed by atoms with Crippen LogP contribution in [0, 0.1) is 5.82 Å². The second-order valence-corrected chi connectivity index (χ2v) is 7.81. The number of sulfonamides is 1. The molecule has 10 heteroatoms. The fraction of sp³-hybridized carbons (Fsp3) is 0.0667. The highest BCUT2D eigenvalue weighted by Gasteiger charge is 2.24. The number of hydrogen-bond acceptors (Lipinski definition) is 3. The molecular weight excluding hydrogens is 391 g/mol. The lowest BCUT2D eigenvalue weighted by Crippen LogP contribution is -2.26. The van der Waals surface area contributed by atoms with Crippen molar-refractivity contribution in [2.45, 2.75) is 11.8 Å². The molecule has 0 saturated carbocycles. The van der Waals surface area contributed by atoms with E-state index < -0.39 is 32.0 Å². The van der Waals surface area contributed by atoms with E-state index in [2.05, 4.69) is 0 Å². The maximum absolute atomic E-state index is 13.4. The third-order valence-corrected chi connectivity index (χ3v) is 5.16. The number of rotatable bonds is 5. The highest BCUT2D eigenvalue weighted by Crippen LogP contribution is 2.30. The van der Waals surface area contributed by atoms with E-state index in [1.54, 1.807) is 30.3 Å². The first-order valence-electron chi connectivity index (χ1n) is 6.77. The first kappa shape index (κ1) is 19.5. The number of nitrogens with zero attached hydrogens (tertiary/aromatic N) is 1. The van der Waals surface area contributed by atoms with Gasteiger partial charge in [-0.25, -0.2) is 26.5 Å². The van der Waals surface area contributed by atoms with Crippen LogP contribution in [0.5, 0.6) is 0 Å². The highest BCUT2D eigenvalue weighted by molar-refractivity contribution is 7.89. The van der Waals surface area contributed by atoms with Crippen LogP contribution in [0.15, 0.2) is 53.1 Å². The van der Waals surface area contributed by atoms with Gasteiger partial charge in [-0.3, -0.25) is 4.55 Å². The van der Waals surface area contributed by atoms with Gasteiger partial charge < -0.3 is 0 Å². The molecule has 0 saturated heterocycles. The van der Waals surface area contributed by atoms with Crippen LogP contribution in [0.2, 0.25) is 5.02 Å². The zero-order chi connectivity index (χ0) is 18.8. The first-order chi connectivity index (χ1) is 11.6. The van der Waals surface area contributed by atoms with Crippen LogP contribution in [-0.2, 0) is 21.3 Å². The Morgan fingerprint density at radius 3 is 2.40 bits per heavy atom. The van der Waals surface area contributed by atoms with Gasteiger partial charge in [-0.15, -0.1) is 0 Å². The Hall–Kier alpha value is -1.78. The molecule has 0 heterocycles. The van der Waals surface area contributed by atoms with Gasteiger partial charge in [0.2, 0.25) is 10.0 Å². The van der Waals surface area contributed by atoms with Crippen LogP contribution in [-0.4, -0.2) is 17.2 Å². The number of benzene rings is 2. The van der Waals surface area contributed by atoms with Crippen molar-refractivity contribution < 1.29 is 21.6 Å². The smallest absolute Gasteiger partial charge is 0.266 e. The third-order valence-electron chi connectivity index (χ3n) is 3.17. The lowest BCUT2D eigenvalue weighted by atomic mass is 10.2. The van der Waals surface area contributed by atoms with Crippen molar-refractivity contribution in [2.75, 3.05) is 4.31 Å². The molecule has 1 unspecified atom stereocenters. The molecule has 3 N–H and O–H groups in total. The van der Waals surface area contributed by atoms with Crippen LogP contribution < -0.4 is 9.44 Å². The number of halogens is 2. The van der Waals surface area contributed by atoms with Gasteiger partial charge in [0.25, 0.3) is 11.3 Å². The molecule has 1 atom stereocenters. The van der Waals surface area contributed by atoms with Crippen LogP contribution in [0.3, 0.4) is 0 Å². The Kier molecular flexibility index (Phi) is 5.96. The minimum absolute atomic E-state index is 0.215. The lowest BCUT2D eigenvalue weighted by Gasteiger charge is -2.23. The Morgan fingerprint density at radius 2 is 1.88 bits per heavy atom. The molecule has 2 aromatic rings. The molecular formula is C15H14ClFN2O4S2. The molecule has 25 heavy (non-hydrogen) atoms. The van der Waals surface area contributed by atoms with Crippen molar-refractivity contribution in [3.8, 4) is 0 Å². The minimum Gasteiger partial charge on any atom is -0.289 e. The van der Waals surface area contributed by atoms with Gasteiger partial charge in [-0.05, 0) is 48.9 Å². The second kappa shape index (κ2) is 7.63. The van der Waals surface area contributed by atoms with Gasteiger partial charge in [0.05, 0.1) is 5.69 Å². The molecule has 0 amide bonds. The van der Waals surface area contributed by atoms with E-state index >= 15 is 0 Å². The van der Waals surface area contributed by atoms with E-state index in [9.17, 15) is 21.6 Å². The number of anilines is 1. The van der Waals surface area contributed by atoms with Crippen LogP contribution >= 0.6 is 11.6 Å². The highest BCUT2D eigenvalue weighted by atomic mass is 35.5. The van der Waals surface area contributed by atoms with E-state index in [0.29, 0.717) is 16.7 Å². The summed E-state index contributed by atoms with van der Waals surface area (Å²) in [6.45, 7) is 1.50. The summed E-state index contributed by atoms with van der Waals surface area (Å²) in [6.07, 6.45) is 1.54. The van der Waals surface area contributed by atoms with E-state index in [1.165, 1.54) is 6.92 Å². The molecule has 0 radical (unpaired) electrons. The summed E-state index contributed by atoms with van der Waals surface area (Å²) in [6, 6.07) is 9.36. The van der Waals surface area contributed by atoms with E-state index in [-0.39, 0.29) is 11.4 Å². The average Bonchev–Trinajstić information content (AvgIpc) is 2.50. The topological polar surface area (TPSA) is 101 Å². The Balaban J connectivity index is 2.59. The van der Waals surface area contributed by atoms with Crippen molar-refractivity contribution in [1.82, 2.24) is 0 Å². The average molecular weight is 405 g/mol. The summed E-state index contributed by atoms with van der Waals surface area (Å²) in [7, 11) is -4.32. The van der Waals surface area contributed by atoms with E-state index in [1.807, 2.05) is 0 Å². The number of nitrogens with two attached hydrogens (primary N) is 1. The summed E-state index contributed by atoms with van der Waals surface area (Å²) in [5.41, 5.74) is 0.684. The molecule has 134 valence electrons. The maximum Gasteiger partial charge on any atom is 0.266 e. The van der Waals surface area contributed by atoms with Crippen molar-refractivity contribution in [3.05, 3.63) is 64.6 Å². The molecule has 0 aliphatic carbocycles. The van der Waals surface area contributed by atoms with Crippen LogP contribution in [0.25, 0.3) is 6.08 Å². The summed E-state index contributed by atoms with van der Waals surface area (Å²) in [5, 5.41) is 5.62. The number of primary sulfonamides is 1. The molecule has 6 nitrogen and oxygen atoms in total. The van der Waals surface area contributed by atoms with Gasteiger partial charge in [0.15, 0.2) is 0 Å². The van der Waals surface area contributed by atoms with Gasteiger partial charge in [-0.1, -0.05) is 23.7 Å². The number of allylic oxidation sites excluding steroid dienone is 1. The van der Waals surface area contributed by atoms with Crippen molar-refractivity contribution in [1.29, 1.82) is 0 Å². The lowest BCUT2D eigenvalue weighted by molar-refractivity contribution is 0.562. The molecule has 0 spiro atoms. The summed E-state index contributed by atoms with van der Waals surface area (Å²) in [4.78, 5) is -0.598. The standard InChI is InChI=1S/C15H14ClFN2O4S2/c1-10(8-11-2-4-12(16)5-3-11)19(24(20)21)14-7-6-13(17)9-15(14)25(18,22)23/h2-9H,1H3,(H,20,21)(H2,18,22,23)/b10-8-. The molecule has 0 aromatic heterocycles. The fourth-order valence-corrected chi connectivity index (χ4v) is 3.68. The molecule has 2 rings (SSSR count). The van der Waals surface area contributed by atoms with Crippen molar-refractivity contribution in [2.24, 2.45) is 5.14 Å². The Morgan fingerprint density at radius 1 is 1.28 bits per heavy atom. The van der Waals surface area contributed by atoms with E-state index in [4.69, 9.17) is 16.7 Å². The van der Waals surface area contributed by atoms with Gasteiger partial charge in [0.1, 0.15) is 10.7 Å². The fourth-order valence-electron chi connectivity index (χ4n) is 2.14. The predicted octanol–water partition coefficient (Wildman–Crippen LogP) is 3.13. The zero-order valence-electron chi connectivity index (χ0n) is 12.9. The van der Waals surface area contributed by atoms with Crippen molar-refractivity contribution in [3.63, 3.8) is 0 Å². The normalized spacial score (nSPS) is 13.6. The van der Waals surface area contributed by atoms with Gasteiger partial charge in [0, 0.05) is 10.7 Å². The van der Waals surface area contributed by atoms with Crippen LogP contribution in [0.4, 0.5) is 10.1 Å². The summed E-state index contributed by atoms with van der Waals surface area (Å²) in [5.74, 6) is -0.837. The summed E-state index contributed by atoms with van der Waals surface area (Å²) < 4.78 is 59.1. The molecule has 0 fully saturated rings. The molecule has 2 aromatic carbocycles. The second-order valence-electron chi connectivity index (χ2n) is 5.02. The van der Waals surface area contributed by atoms with Gasteiger partial charge >= 0.3 is 0 Å². The molecule has 0 bridgehead atoms. The first-order valence-corrected chi connectivity index (χ1v) is 9.75. The third kappa shape index (κ3) is 4.86. The number of hydrogen-bond donors (Lipinski definition) is 2. The van der Waals surface area contributed by atoms with Gasteiger partial charge in [-0.2, -0.15) is 0 Å². The molecule has 0 aliphatic rings. The maximum atomic E-state index is 13.4. The largest absolute Gasteiger partial charge is 0.289 e. The van der Waals surface area contributed by atoms with Crippen LogP contribution in [0.1, 0.15) is 12.5 Å². The van der Waals surface area contributed by atoms with Crippen molar-refractivity contribution >= 4 is 44.7 Å². The molecule has 0 aliphatic heterocycles. The monoisotopic (exact) mass is 404 g/mol. The SMILES string of the molecule is C/C(=C/c1ccc(Cl)cc1)N(c1ccc(F)cc1S(N)(=O)=O)S(=O)O. The quantitative estimate of drug-likeness (QED) is 0.747. The minimum atomic E-state index is -4.32. The summed E-state index contributed by atoms with van der Waals surface area (Å²) >= 11 is 3.19. The Labute approximate surface area is 152 Å².